The van der Waals surface area contributed by atoms with Crippen molar-refractivity contribution in [3.05, 3.63) is 42.0 Å². The van der Waals surface area contributed by atoms with Crippen molar-refractivity contribution in [2.24, 2.45) is 0 Å². The van der Waals surface area contributed by atoms with E-state index in [0.29, 0.717) is 5.56 Å². The molecule has 61 valence electrons. The van der Waals surface area contributed by atoms with E-state index >= 15 is 0 Å². The van der Waals surface area contributed by atoms with E-state index in [0.717, 1.165) is 5.56 Å². The Bertz CT molecular complexity index is 326. The molecule has 1 rings (SSSR count). The first-order valence-corrected chi connectivity index (χ1v) is 3.51. The van der Waals surface area contributed by atoms with E-state index in [4.69, 9.17) is 5.11 Å². The monoisotopic (exact) mass is 161 g/mol. The van der Waals surface area contributed by atoms with Gasteiger partial charge in [-0.15, -0.1) is 0 Å². The summed E-state index contributed by atoms with van der Waals surface area (Å²) in [4.78, 5) is 10.5. The smallest absolute Gasteiger partial charge is 0.335 e. The molecule has 2 heteroatoms. The number of benzene rings is 1. The molecule has 1 aromatic carbocycles. The van der Waals surface area contributed by atoms with Gasteiger partial charge in [-0.1, -0.05) is 18.7 Å². The molecule has 0 saturated heterocycles. The number of hydrogen-bond donors (Lipinski definition) is 1. The second kappa shape index (κ2) is 3.22. The summed E-state index contributed by atoms with van der Waals surface area (Å²) in [7, 11) is 0. The van der Waals surface area contributed by atoms with Gasteiger partial charge in [0.15, 0.2) is 0 Å². The van der Waals surface area contributed by atoms with Crippen molar-refractivity contribution in [2.75, 3.05) is 0 Å². The fourth-order valence-electron chi connectivity index (χ4n) is 0.889. The molecule has 2 nitrogen and oxygen atoms in total. The topological polar surface area (TPSA) is 37.3 Å². The largest absolute Gasteiger partial charge is 0.478 e. The Kier molecular flexibility index (Phi) is 2.29. The molecular weight excluding hydrogens is 152 g/mol. The van der Waals surface area contributed by atoms with E-state index in [1.165, 1.54) is 0 Å². The Hall–Kier alpha value is -1.57. The summed E-state index contributed by atoms with van der Waals surface area (Å²) in [5, 5.41) is 8.61. The molecule has 0 aliphatic carbocycles. The number of carboxylic acid groups (broad SMARTS) is 1. The fraction of sp³-hybridized carbons (Fsp3) is 0.100. The van der Waals surface area contributed by atoms with Crippen LogP contribution in [0.5, 0.6) is 0 Å². The average molecular weight is 161 g/mol. The highest BCUT2D eigenvalue weighted by atomic mass is 16.4. The van der Waals surface area contributed by atoms with E-state index in [2.05, 4.69) is 12.6 Å². The van der Waals surface area contributed by atoms with Gasteiger partial charge in [-0.05, 0) is 30.2 Å². The number of carbonyl (C=O) groups is 1. The van der Waals surface area contributed by atoms with Crippen molar-refractivity contribution >= 4 is 11.5 Å². The first kappa shape index (κ1) is 8.53. The second-order valence-corrected chi connectivity index (χ2v) is 2.58. The molecule has 0 aliphatic heterocycles. The van der Waals surface area contributed by atoms with E-state index in [1.807, 2.05) is 6.92 Å². The quantitative estimate of drug-likeness (QED) is 0.672. The summed E-state index contributed by atoms with van der Waals surface area (Å²) in [6, 6.07) is 8.02. The summed E-state index contributed by atoms with van der Waals surface area (Å²) < 4.78 is 0. The average Bonchev–Trinajstić information content (AvgIpc) is 2.03. The number of carboxylic acids is 1. The van der Waals surface area contributed by atoms with Crippen LogP contribution in [0.3, 0.4) is 0 Å². The van der Waals surface area contributed by atoms with Gasteiger partial charge in [0.2, 0.25) is 0 Å². The summed E-state index contributed by atoms with van der Waals surface area (Å²) in [6.45, 7) is 5.33. The summed E-state index contributed by atoms with van der Waals surface area (Å²) in [5.74, 6) is -0.992. The number of aryl methyl sites for hydroxylation is 1. The first-order valence-electron chi connectivity index (χ1n) is 3.51. The van der Waals surface area contributed by atoms with Crippen LogP contribution in [0, 0.1) is 13.0 Å². The molecule has 0 amide bonds. The van der Waals surface area contributed by atoms with Crippen LogP contribution in [0.25, 0.3) is 5.57 Å². The molecule has 0 spiro atoms. The van der Waals surface area contributed by atoms with Crippen molar-refractivity contribution < 1.29 is 9.90 Å². The highest BCUT2D eigenvalue weighted by molar-refractivity contribution is 6.14. The van der Waals surface area contributed by atoms with Gasteiger partial charge in [0, 0.05) is 0 Å². The van der Waals surface area contributed by atoms with Crippen molar-refractivity contribution in [3.8, 4) is 0 Å². The third-order valence-electron chi connectivity index (χ3n) is 1.54. The normalized spacial score (nSPS) is 9.42. The summed E-state index contributed by atoms with van der Waals surface area (Å²) in [5.41, 5.74) is 1.70. The number of aliphatic carboxylic acids is 1. The SMILES string of the molecule is C=C(C(=O)O)c1c[c]cc(C)c1. The zero-order valence-corrected chi connectivity index (χ0v) is 6.79. The lowest BCUT2D eigenvalue weighted by Crippen LogP contribution is -1.97. The van der Waals surface area contributed by atoms with Crippen LogP contribution in [-0.4, -0.2) is 11.1 Å². The van der Waals surface area contributed by atoms with Crippen LogP contribution in [-0.2, 0) is 4.79 Å². The second-order valence-electron chi connectivity index (χ2n) is 2.58. The Labute approximate surface area is 71.2 Å². The highest BCUT2D eigenvalue weighted by Crippen LogP contribution is 2.13. The summed E-state index contributed by atoms with van der Waals surface area (Å²) >= 11 is 0. The number of rotatable bonds is 2. The van der Waals surface area contributed by atoms with E-state index in [-0.39, 0.29) is 5.57 Å². The lowest BCUT2D eigenvalue weighted by atomic mass is 10.1. The Morgan fingerprint density at radius 1 is 1.58 bits per heavy atom. The van der Waals surface area contributed by atoms with Crippen molar-refractivity contribution in [1.29, 1.82) is 0 Å². The van der Waals surface area contributed by atoms with Crippen LogP contribution in [0.1, 0.15) is 11.1 Å². The molecule has 0 atom stereocenters. The van der Waals surface area contributed by atoms with E-state index in [1.54, 1.807) is 18.2 Å². The van der Waals surface area contributed by atoms with Crippen LogP contribution in [0.2, 0.25) is 0 Å². The Morgan fingerprint density at radius 2 is 2.25 bits per heavy atom. The Balaban J connectivity index is 3.04. The predicted molar refractivity (Wildman–Crippen MR) is 46.7 cm³/mol. The molecule has 1 N–H and O–H groups in total. The van der Waals surface area contributed by atoms with Gasteiger partial charge in [-0.25, -0.2) is 4.79 Å². The molecule has 12 heavy (non-hydrogen) atoms. The molecule has 0 aromatic heterocycles. The molecule has 0 aliphatic rings. The van der Waals surface area contributed by atoms with Crippen molar-refractivity contribution in [2.45, 2.75) is 6.92 Å². The zero-order valence-electron chi connectivity index (χ0n) is 6.79. The third kappa shape index (κ3) is 1.72. The number of hydrogen-bond acceptors (Lipinski definition) is 1. The van der Waals surface area contributed by atoms with Gasteiger partial charge < -0.3 is 5.11 Å². The van der Waals surface area contributed by atoms with Gasteiger partial charge in [0.25, 0.3) is 0 Å². The Morgan fingerprint density at radius 3 is 2.75 bits per heavy atom. The van der Waals surface area contributed by atoms with Gasteiger partial charge in [-0.3, -0.25) is 0 Å². The van der Waals surface area contributed by atoms with Gasteiger partial charge in [-0.2, -0.15) is 0 Å². The third-order valence-corrected chi connectivity index (χ3v) is 1.54. The minimum Gasteiger partial charge on any atom is -0.478 e. The zero-order chi connectivity index (χ0) is 9.14. The highest BCUT2D eigenvalue weighted by Gasteiger charge is 2.05. The first-order chi connectivity index (χ1) is 5.61. The molecule has 0 unspecified atom stereocenters. The maximum Gasteiger partial charge on any atom is 0.335 e. The molecule has 0 heterocycles. The molecule has 1 radical (unpaired) electrons. The molecule has 0 bridgehead atoms. The standard InChI is InChI=1S/C10H9O2/c1-7-4-3-5-9(6-7)8(2)10(11)12/h4-6H,2H2,1H3,(H,11,12). The lowest BCUT2D eigenvalue weighted by molar-refractivity contribution is -0.130. The van der Waals surface area contributed by atoms with Gasteiger partial charge in [0.05, 0.1) is 5.57 Å². The van der Waals surface area contributed by atoms with Crippen LogP contribution in [0.4, 0.5) is 0 Å². The van der Waals surface area contributed by atoms with Crippen molar-refractivity contribution in [3.63, 3.8) is 0 Å². The van der Waals surface area contributed by atoms with Crippen LogP contribution >= 0.6 is 0 Å². The van der Waals surface area contributed by atoms with Crippen molar-refractivity contribution in [1.82, 2.24) is 0 Å². The molecular formula is C10H9O2. The maximum absolute atomic E-state index is 10.5. The molecule has 0 saturated carbocycles. The fourth-order valence-corrected chi connectivity index (χ4v) is 0.889. The van der Waals surface area contributed by atoms with Gasteiger partial charge >= 0.3 is 5.97 Å². The maximum atomic E-state index is 10.5. The minimum absolute atomic E-state index is 0.106. The van der Waals surface area contributed by atoms with E-state index < -0.39 is 5.97 Å². The van der Waals surface area contributed by atoms with Gasteiger partial charge in [0.1, 0.15) is 0 Å². The lowest BCUT2D eigenvalue weighted by Gasteiger charge is -2.00. The molecule has 0 fully saturated rings. The van der Waals surface area contributed by atoms with Crippen LogP contribution < -0.4 is 0 Å². The molecule has 1 aromatic rings. The summed E-state index contributed by atoms with van der Waals surface area (Å²) in [6.07, 6.45) is 0. The van der Waals surface area contributed by atoms with E-state index in [9.17, 15) is 4.79 Å². The minimum atomic E-state index is -0.992. The van der Waals surface area contributed by atoms with Crippen LogP contribution in [0.15, 0.2) is 24.8 Å². The predicted octanol–water partition coefficient (Wildman–Crippen LogP) is 1.89.